The van der Waals surface area contributed by atoms with Gasteiger partial charge in [0.2, 0.25) is 0 Å². The molecule has 0 aliphatic rings. The van der Waals surface area contributed by atoms with Crippen LogP contribution in [0.1, 0.15) is 53.4 Å². The summed E-state index contributed by atoms with van der Waals surface area (Å²) in [5.41, 5.74) is 11.3. The van der Waals surface area contributed by atoms with E-state index in [2.05, 4.69) is 20.4 Å². The zero-order valence-corrected chi connectivity index (χ0v) is 11.3. The monoisotopic (exact) mass is 228 g/mol. The second-order valence-corrected chi connectivity index (χ2v) is 5.05. The fourth-order valence-corrected chi connectivity index (χ4v) is 1.82. The molecule has 0 rings (SSSR count). The Hall–Kier alpha value is -0.380. The molecular formula is C13H28N2O. The van der Waals surface area contributed by atoms with Gasteiger partial charge in [-0.25, -0.2) is 0 Å². The first-order chi connectivity index (χ1) is 7.28. The Balaban J connectivity index is 4.31. The average Bonchev–Trinajstić information content (AvgIpc) is 2.17. The fourth-order valence-electron chi connectivity index (χ4n) is 1.82. The van der Waals surface area contributed by atoms with Crippen LogP contribution < -0.4 is 11.5 Å². The topological polar surface area (TPSA) is 61.3 Å². The zero-order chi connectivity index (χ0) is 12.8. The minimum Gasteiger partial charge on any atom is -0.354 e. The van der Waals surface area contributed by atoms with Gasteiger partial charge in [-0.15, -0.1) is 0 Å². The summed E-state index contributed by atoms with van der Waals surface area (Å²) in [4.78, 5) is 0. The summed E-state index contributed by atoms with van der Waals surface area (Å²) < 4.78 is 5.84. The van der Waals surface area contributed by atoms with Gasteiger partial charge in [0, 0.05) is 5.54 Å². The standard InChI is InChI=1S/C13H28N2O/c1-6-9-13(15,8-3)16-11(4)10-12(5,14)7-2/h8,11H,3,6-7,9-10,14-15H2,1-2,4-5H3. The molecule has 3 atom stereocenters. The lowest BCUT2D eigenvalue weighted by Gasteiger charge is -2.33. The molecule has 3 heteroatoms. The van der Waals surface area contributed by atoms with Gasteiger partial charge < -0.3 is 16.2 Å². The first kappa shape index (κ1) is 15.6. The van der Waals surface area contributed by atoms with Crippen molar-refractivity contribution in [3.8, 4) is 0 Å². The predicted molar refractivity (Wildman–Crippen MR) is 70.1 cm³/mol. The first-order valence-electron chi connectivity index (χ1n) is 6.17. The van der Waals surface area contributed by atoms with E-state index < -0.39 is 5.72 Å². The Labute approximate surface area is 100 Å². The van der Waals surface area contributed by atoms with Crippen LogP contribution in [0.15, 0.2) is 12.7 Å². The van der Waals surface area contributed by atoms with E-state index in [1.807, 2.05) is 13.8 Å². The van der Waals surface area contributed by atoms with E-state index in [9.17, 15) is 0 Å². The van der Waals surface area contributed by atoms with Crippen molar-refractivity contribution in [2.45, 2.75) is 70.7 Å². The molecule has 16 heavy (non-hydrogen) atoms. The number of hydrogen-bond donors (Lipinski definition) is 2. The molecule has 3 nitrogen and oxygen atoms in total. The maximum Gasteiger partial charge on any atom is 0.135 e. The van der Waals surface area contributed by atoms with Crippen LogP contribution >= 0.6 is 0 Å². The van der Waals surface area contributed by atoms with Crippen molar-refractivity contribution in [2.24, 2.45) is 11.5 Å². The van der Waals surface area contributed by atoms with Crippen molar-refractivity contribution in [2.75, 3.05) is 0 Å². The van der Waals surface area contributed by atoms with E-state index in [0.717, 1.165) is 25.7 Å². The Kier molecular flexibility index (Phi) is 6.23. The summed E-state index contributed by atoms with van der Waals surface area (Å²) in [7, 11) is 0. The van der Waals surface area contributed by atoms with E-state index in [-0.39, 0.29) is 11.6 Å². The summed E-state index contributed by atoms with van der Waals surface area (Å²) in [5.74, 6) is 0. The lowest BCUT2D eigenvalue weighted by atomic mass is 9.93. The fraction of sp³-hybridized carbons (Fsp3) is 0.846. The van der Waals surface area contributed by atoms with Gasteiger partial charge in [0.15, 0.2) is 0 Å². The smallest absolute Gasteiger partial charge is 0.135 e. The maximum atomic E-state index is 6.10. The summed E-state index contributed by atoms with van der Waals surface area (Å²) in [6.45, 7) is 12.0. The highest BCUT2D eigenvalue weighted by Gasteiger charge is 2.27. The van der Waals surface area contributed by atoms with Crippen LogP contribution in [0.5, 0.6) is 0 Å². The van der Waals surface area contributed by atoms with Gasteiger partial charge in [-0.3, -0.25) is 0 Å². The molecule has 96 valence electrons. The van der Waals surface area contributed by atoms with E-state index in [1.165, 1.54) is 0 Å². The van der Waals surface area contributed by atoms with Crippen molar-refractivity contribution in [1.82, 2.24) is 0 Å². The Morgan fingerprint density at radius 3 is 2.31 bits per heavy atom. The third-order valence-electron chi connectivity index (χ3n) is 2.97. The average molecular weight is 228 g/mol. The van der Waals surface area contributed by atoms with Gasteiger partial charge in [-0.05, 0) is 39.2 Å². The molecular weight excluding hydrogens is 200 g/mol. The van der Waals surface area contributed by atoms with E-state index >= 15 is 0 Å². The molecule has 0 aliphatic heterocycles. The van der Waals surface area contributed by atoms with Gasteiger partial charge in [-0.2, -0.15) is 0 Å². The number of hydrogen-bond acceptors (Lipinski definition) is 3. The second kappa shape index (κ2) is 6.38. The van der Waals surface area contributed by atoms with Crippen LogP contribution in [0.25, 0.3) is 0 Å². The summed E-state index contributed by atoms with van der Waals surface area (Å²) in [5, 5.41) is 0. The van der Waals surface area contributed by atoms with E-state index in [4.69, 9.17) is 16.2 Å². The quantitative estimate of drug-likeness (QED) is 0.496. The Bertz CT molecular complexity index is 216. The highest BCUT2D eigenvalue weighted by molar-refractivity contribution is 4.93. The van der Waals surface area contributed by atoms with Crippen LogP contribution in [0.2, 0.25) is 0 Å². The third kappa shape index (κ3) is 5.64. The third-order valence-corrected chi connectivity index (χ3v) is 2.97. The van der Waals surface area contributed by atoms with Crippen LogP contribution in [0.4, 0.5) is 0 Å². The highest BCUT2D eigenvalue weighted by Crippen LogP contribution is 2.21. The molecule has 0 aliphatic carbocycles. The zero-order valence-electron chi connectivity index (χ0n) is 11.3. The van der Waals surface area contributed by atoms with Crippen molar-refractivity contribution >= 4 is 0 Å². The normalized spacial score (nSPS) is 20.9. The van der Waals surface area contributed by atoms with Gasteiger partial charge >= 0.3 is 0 Å². The lowest BCUT2D eigenvalue weighted by molar-refractivity contribution is -0.0663. The molecule has 0 bridgehead atoms. The molecule has 0 heterocycles. The van der Waals surface area contributed by atoms with Crippen molar-refractivity contribution in [3.05, 3.63) is 12.7 Å². The molecule has 0 amide bonds. The molecule has 0 saturated carbocycles. The molecule has 0 spiro atoms. The minimum atomic E-state index is -0.710. The van der Waals surface area contributed by atoms with Crippen molar-refractivity contribution in [3.63, 3.8) is 0 Å². The van der Waals surface area contributed by atoms with Gasteiger partial charge in [-0.1, -0.05) is 26.8 Å². The molecule has 0 radical (unpaired) electrons. The van der Waals surface area contributed by atoms with E-state index in [1.54, 1.807) is 6.08 Å². The highest BCUT2D eigenvalue weighted by atomic mass is 16.5. The molecule has 0 aromatic carbocycles. The maximum absolute atomic E-state index is 6.10. The Morgan fingerprint density at radius 1 is 1.38 bits per heavy atom. The summed E-state index contributed by atoms with van der Waals surface area (Å²) >= 11 is 0. The van der Waals surface area contributed by atoms with Crippen molar-refractivity contribution in [1.29, 1.82) is 0 Å². The number of rotatable bonds is 8. The number of nitrogens with two attached hydrogens (primary N) is 2. The van der Waals surface area contributed by atoms with Crippen LogP contribution in [0.3, 0.4) is 0 Å². The molecule has 4 N–H and O–H groups in total. The largest absolute Gasteiger partial charge is 0.354 e. The summed E-state index contributed by atoms with van der Waals surface area (Å²) in [6.07, 6.45) is 5.23. The van der Waals surface area contributed by atoms with Crippen LogP contribution in [-0.4, -0.2) is 17.4 Å². The lowest BCUT2D eigenvalue weighted by Crippen LogP contribution is -2.46. The minimum absolute atomic E-state index is 0.0458. The van der Waals surface area contributed by atoms with Crippen LogP contribution in [-0.2, 0) is 4.74 Å². The molecule has 3 unspecified atom stereocenters. The molecule has 0 fully saturated rings. The number of ether oxygens (including phenoxy) is 1. The van der Waals surface area contributed by atoms with Crippen molar-refractivity contribution < 1.29 is 4.74 Å². The second-order valence-electron chi connectivity index (χ2n) is 5.05. The summed E-state index contributed by atoms with van der Waals surface area (Å²) in [6, 6.07) is 0. The van der Waals surface area contributed by atoms with Crippen LogP contribution in [0, 0.1) is 0 Å². The van der Waals surface area contributed by atoms with Gasteiger partial charge in [0.25, 0.3) is 0 Å². The first-order valence-corrected chi connectivity index (χ1v) is 6.17. The van der Waals surface area contributed by atoms with Gasteiger partial charge in [0.1, 0.15) is 5.72 Å². The molecule has 0 saturated heterocycles. The molecule has 0 aromatic rings. The van der Waals surface area contributed by atoms with Gasteiger partial charge in [0.05, 0.1) is 6.10 Å². The molecule has 0 aromatic heterocycles. The SMILES string of the molecule is C=CC(N)(CCC)OC(C)CC(C)(N)CC. The van der Waals surface area contributed by atoms with E-state index in [0.29, 0.717) is 0 Å². The predicted octanol–water partition coefficient (Wildman–Crippen LogP) is 2.55. The Morgan fingerprint density at radius 2 is 1.94 bits per heavy atom.